The smallest absolute Gasteiger partial charge is 0.252 e. The number of hydrogen-bond donors (Lipinski definition) is 1. The fourth-order valence-electron chi connectivity index (χ4n) is 1.19. The standard InChI is InChI=1S/C10H8BrN3O2S/c11-7-5-13-10(14-6-7)17(15,16)9-3-1-8(12)2-4-9/h1-6H,12H2. The molecule has 1 aromatic carbocycles. The quantitative estimate of drug-likeness (QED) is 0.673. The normalized spacial score (nSPS) is 11.4. The summed E-state index contributed by atoms with van der Waals surface area (Å²) in [7, 11) is -3.67. The third-order valence-corrected chi connectivity index (χ3v) is 4.02. The molecule has 0 amide bonds. The van der Waals surface area contributed by atoms with Gasteiger partial charge in [0.25, 0.3) is 5.16 Å². The number of anilines is 1. The zero-order valence-corrected chi connectivity index (χ0v) is 10.9. The van der Waals surface area contributed by atoms with Crippen LogP contribution in [0.25, 0.3) is 0 Å². The Hall–Kier alpha value is -1.47. The second-order valence-electron chi connectivity index (χ2n) is 3.26. The van der Waals surface area contributed by atoms with Gasteiger partial charge in [-0.25, -0.2) is 18.4 Å². The second kappa shape index (κ2) is 4.42. The van der Waals surface area contributed by atoms with Crippen molar-refractivity contribution in [3.05, 3.63) is 41.1 Å². The molecule has 2 rings (SSSR count). The zero-order chi connectivity index (χ0) is 12.5. The van der Waals surface area contributed by atoms with Gasteiger partial charge in [-0.1, -0.05) is 0 Å². The first-order valence-electron chi connectivity index (χ1n) is 4.58. The van der Waals surface area contributed by atoms with Crippen LogP contribution in [0.4, 0.5) is 5.69 Å². The number of hydrogen-bond acceptors (Lipinski definition) is 5. The van der Waals surface area contributed by atoms with Crippen molar-refractivity contribution < 1.29 is 8.42 Å². The monoisotopic (exact) mass is 313 g/mol. The molecule has 0 spiro atoms. The molecule has 0 aliphatic heterocycles. The highest BCUT2D eigenvalue weighted by Crippen LogP contribution is 2.19. The number of nitrogens with zero attached hydrogens (tertiary/aromatic N) is 2. The zero-order valence-electron chi connectivity index (χ0n) is 8.54. The van der Waals surface area contributed by atoms with Crippen LogP contribution >= 0.6 is 15.9 Å². The molecular formula is C10H8BrN3O2S. The van der Waals surface area contributed by atoms with E-state index < -0.39 is 9.84 Å². The minimum Gasteiger partial charge on any atom is -0.399 e. The topological polar surface area (TPSA) is 85.9 Å². The first-order chi connectivity index (χ1) is 8.00. The summed E-state index contributed by atoms with van der Waals surface area (Å²) in [6, 6.07) is 5.89. The van der Waals surface area contributed by atoms with Crippen LogP contribution in [0.15, 0.2) is 51.2 Å². The van der Waals surface area contributed by atoms with Gasteiger partial charge in [0.1, 0.15) is 0 Å². The number of halogens is 1. The average Bonchev–Trinajstić information content (AvgIpc) is 2.30. The van der Waals surface area contributed by atoms with Crippen molar-refractivity contribution in [3.63, 3.8) is 0 Å². The van der Waals surface area contributed by atoms with E-state index in [2.05, 4.69) is 25.9 Å². The Morgan fingerprint density at radius 1 is 1.06 bits per heavy atom. The van der Waals surface area contributed by atoms with Gasteiger partial charge >= 0.3 is 0 Å². The van der Waals surface area contributed by atoms with Crippen molar-refractivity contribution in [2.45, 2.75) is 10.1 Å². The Labute approximate surface area is 107 Å². The van der Waals surface area contributed by atoms with E-state index in [4.69, 9.17) is 5.73 Å². The van der Waals surface area contributed by atoms with E-state index >= 15 is 0 Å². The summed E-state index contributed by atoms with van der Waals surface area (Å²) in [5, 5.41) is -0.231. The molecule has 0 bridgehead atoms. The molecular weight excluding hydrogens is 306 g/mol. The van der Waals surface area contributed by atoms with Crippen molar-refractivity contribution in [3.8, 4) is 0 Å². The summed E-state index contributed by atoms with van der Waals surface area (Å²) >= 11 is 3.14. The van der Waals surface area contributed by atoms with Gasteiger partial charge in [0.15, 0.2) is 0 Å². The molecule has 0 radical (unpaired) electrons. The van der Waals surface area contributed by atoms with Crippen LogP contribution in [0, 0.1) is 0 Å². The largest absolute Gasteiger partial charge is 0.399 e. The molecule has 0 aliphatic rings. The van der Waals surface area contributed by atoms with Gasteiger partial charge in [-0.2, -0.15) is 0 Å². The lowest BCUT2D eigenvalue weighted by atomic mass is 10.3. The lowest BCUT2D eigenvalue weighted by Gasteiger charge is -2.02. The number of nitrogens with two attached hydrogens (primary N) is 1. The predicted octanol–water partition coefficient (Wildman–Crippen LogP) is 1.65. The minimum absolute atomic E-state index is 0.119. The van der Waals surface area contributed by atoms with Crippen molar-refractivity contribution in [1.82, 2.24) is 9.97 Å². The van der Waals surface area contributed by atoms with Gasteiger partial charge in [-0.15, -0.1) is 0 Å². The van der Waals surface area contributed by atoms with Gasteiger partial charge in [-0.05, 0) is 40.2 Å². The summed E-state index contributed by atoms with van der Waals surface area (Å²) in [5.74, 6) is 0. The fraction of sp³-hybridized carbons (Fsp3) is 0. The summed E-state index contributed by atoms with van der Waals surface area (Å²) in [6.07, 6.45) is 2.77. The molecule has 0 saturated carbocycles. The van der Waals surface area contributed by atoms with Crippen molar-refractivity contribution >= 4 is 31.5 Å². The highest BCUT2D eigenvalue weighted by Gasteiger charge is 2.20. The van der Waals surface area contributed by atoms with Crippen molar-refractivity contribution in [1.29, 1.82) is 0 Å². The van der Waals surface area contributed by atoms with E-state index in [1.165, 1.54) is 36.7 Å². The van der Waals surface area contributed by atoms with E-state index in [9.17, 15) is 8.42 Å². The van der Waals surface area contributed by atoms with Crippen LogP contribution < -0.4 is 5.73 Å². The Bertz CT molecular complexity index is 572. The summed E-state index contributed by atoms with van der Waals surface area (Å²) in [5.41, 5.74) is 6.00. The Balaban J connectivity index is 2.50. The molecule has 7 heteroatoms. The fourth-order valence-corrected chi connectivity index (χ4v) is 2.48. The van der Waals surface area contributed by atoms with Crippen LogP contribution in [0.3, 0.4) is 0 Å². The summed E-state index contributed by atoms with van der Waals surface area (Å²) in [4.78, 5) is 7.66. The number of benzene rings is 1. The Morgan fingerprint density at radius 2 is 1.59 bits per heavy atom. The summed E-state index contributed by atoms with van der Waals surface area (Å²) < 4.78 is 24.8. The summed E-state index contributed by atoms with van der Waals surface area (Å²) in [6.45, 7) is 0. The van der Waals surface area contributed by atoms with E-state index in [0.717, 1.165) is 0 Å². The number of aromatic nitrogens is 2. The third kappa shape index (κ3) is 2.45. The molecule has 88 valence electrons. The highest BCUT2D eigenvalue weighted by molar-refractivity contribution is 9.10. The van der Waals surface area contributed by atoms with Gasteiger partial charge < -0.3 is 5.73 Å². The van der Waals surface area contributed by atoms with Gasteiger partial charge in [0.05, 0.1) is 9.37 Å². The highest BCUT2D eigenvalue weighted by atomic mass is 79.9. The van der Waals surface area contributed by atoms with E-state index in [1.807, 2.05) is 0 Å². The molecule has 0 aliphatic carbocycles. The first-order valence-corrected chi connectivity index (χ1v) is 6.86. The SMILES string of the molecule is Nc1ccc(S(=O)(=O)c2ncc(Br)cn2)cc1. The van der Waals surface area contributed by atoms with Crippen molar-refractivity contribution in [2.75, 3.05) is 5.73 Å². The first kappa shape index (κ1) is 12.0. The predicted molar refractivity (Wildman–Crippen MR) is 66.0 cm³/mol. The molecule has 2 aromatic rings. The maximum atomic E-state index is 12.1. The van der Waals surface area contributed by atoms with Crippen LogP contribution in [0.5, 0.6) is 0 Å². The van der Waals surface area contributed by atoms with Gasteiger partial charge in [-0.3, -0.25) is 0 Å². The van der Waals surface area contributed by atoms with E-state index in [1.54, 1.807) is 0 Å². The molecule has 5 nitrogen and oxygen atoms in total. The maximum Gasteiger partial charge on any atom is 0.252 e. The molecule has 1 heterocycles. The number of rotatable bonds is 2. The van der Waals surface area contributed by atoms with E-state index in [-0.39, 0.29) is 10.1 Å². The maximum absolute atomic E-state index is 12.1. The van der Waals surface area contributed by atoms with Crippen LogP contribution in [0.1, 0.15) is 0 Å². The van der Waals surface area contributed by atoms with Crippen LogP contribution in [-0.2, 0) is 9.84 Å². The van der Waals surface area contributed by atoms with Crippen LogP contribution in [0.2, 0.25) is 0 Å². The molecule has 0 saturated heterocycles. The molecule has 0 unspecified atom stereocenters. The van der Waals surface area contributed by atoms with E-state index in [0.29, 0.717) is 10.2 Å². The lowest BCUT2D eigenvalue weighted by molar-refractivity contribution is 0.586. The Kier molecular flexibility index (Phi) is 3.12. The third-order valence-electron chi connectivity index (χ3n) is 2.03. The number of sulfone groups is 1. The molecule has 0 atom stereocenters. The van der Waals surface area contributed by atoms with Crippen LogP contribution in [-0.4, -0.2) is 18.4 Å². The average molecular weight is 314 g/mol. The second-order valence-corrected chi connectivity index (χ2v) is 6.02. The van der Waals surface area contributed by atoms with Crippen molar-refractivity contribution in [2.24, 2.45) is 0 Å². The Morgan fingerprint density at radius 3 is 2.12 bits per heavy atom. The van der Waals surface area contributed by atoms with Gasteiger partial charge in [0.2, 0.25) is 9.84 Å². The molecule has 0 fully saturated rings. The van der Waals surface area contributed by atoms with Gasteiger partial charge in [0, 0.05) is 18.1 Å². The molecule has 1 aromatic heterocycles. The molecule has 17 heavy (non-hydrogen) atoms. The lowest BCUT2D eigenvalue weighted by Crippen LogP contribution is -2.06. The minimum atomic E-state index is -3.67. The molecule has 2 N–H and O–H groups in total. The number of nitrogen functional groups attached to an aromatic ring is 1.